The van der Waals surface area contributed by atoms with E-state index in [2.05, 4.69) is 33.0 Å². The summed E-state index contributed by atoms with van der Waals surface area (Å²) in [6.45, 7) is 1.02. The zero-order valence-electron chi connectivity index (χ0n) is 15.9. The van der Waals surface area contributed by atoms with Crippen molar-refractivity contribution < 1.29 is 14.3 Å². The van der Waals surface area contributed by atoms with Crippen LogP contribution >= 0.6 is 11.3 Å². The SMILES string of the molecule is COC(=O)c1cccc(NC(=O)NC2CC3CCC(C2)N3Cc2cccs2)c1. The van der Waals surface area contributed by atoms with Crippen molar-refractivity contribution >= 4 is 29.0 Å². The molecule has 0 aliphatic carbocycles. The number of benzene rings is 1. The van der Waals surface area contributed by atoms with Crippen molar-refractivity contribution in [3.05, 3.63) is 52.2 Å². The second-order valence-electron chi connectivity index (χ2n) is 7.48. The number of rotatable bonds is 5. The standard InChI is InChI=1S/C21H25N3O3S/c1-27-20(25)14-4-2-5-15(10-14)22-21(26)23-16-11-17-7-8-18(12-16)24(17)13-19-6-3-9-28-19/h2-6,9-10,16-18H,7-8,11-13H2,1H3,(H2,22,23,26). The Morgan fingerprint density at radius 1 is 1.18 bits per heavy atom. The number of hydrogen-bond acceptors (Lipinski definition) is 5. The first kappa shape index (κ1) is 19.0. The zero-order valence-corrected chi connectivity index (χ0v) is 16.7. The van der Waals surface area contributed by atoms with E-state index in [1.54, 1.807) is 24.3 Å². The van der Waals surface area contributed by atoms with E-state index >= 15 is 0 Å². The number of carbonyl (C=O) groups excluding carboxylic acids is 2. The number of hydrogen-bond donors (Lipinski definition) is 2. The molecule has 2 aliphatic heterocycles. The molecule has 2 unspecified atom stereocenters. The monoisotopic (exact) mass is 399 g/mol. The predicted molar refractivity (Wildman–Crippen MR) is 110 cm³/mol. The van der Waals surface area contributed by atoms with Gasteiger partial charge in [0.1, 0.15) is 0 Å². The van der Waals surface area contributed by atoms with Crippen molar-refractivity contribution in [1.82, 2.24) is 10.2 Å². The molecule has 2 N–H and O–H groups in total. The molecule has 28 heavy (non-hydrogen) atoms. The number of anilines is 1. The van der Waals surface area contributed by atoms with Gasteiger partial charge in [-0.25, -0.2) is 9.59 Å². The smallest absolute Gasteiger partial charge is 0.337 e. The molecule has 7 heteroatoms. The van der Waals surface area contributed by atoms with Crippen LogP contribution in [0.25, 0.3) is 0 Å². The fraction of sp³-hybridized carbons (Fsp3) is 0.429. The van der Waals surface area contributed by atoms with Gasteiger partial charge < -0.3 is 15.4 Å². The van der Waals surface area contributed by atoms with Gasteiger partial charge in [0, 0.05) is 35.2 Å². The molecule has 4 rings (SSSR count). The Hall–Kier alpha value is -2.38. The van der Waals surface area contributed by atoms with Crippen molar-refractivity contribution in [3.8, 4) is 0 Å². The number of ether oxygens (including phenoxy) is 1. The molecule has 2 bridgehead atoms. The van der Waals surface area contributed by atoms with Crippen LogP contribution in [0, 0.1) is 0 Å². The van der Waals surface area contributed by atoms with Crippen molar-refractivity contribution in [2.75, 3.05) is 12.4 Å². The number of fused-ring (bicyclic) bond motifs is 2. The molecule has 6 nitrogen and oxygen atoms in total. The largest absolute Gasteiger partial charge is 0.465 e. The highest BCUT2D eigenvalue weighted by Crippen LogP contribution is 2.37. The molecule has 1 aromatic carbocycles. The first-order valence-electron chi connectivity index (χ1n) is 9.66. The van der Waals surface area contributed by atoms with E-state index in [1.165, 1.54) is 24.8 Å². The number of carbonyl (C=O) groups is 2. The second kappa shape index (κ2) is 8.32. The minimum Gasteiger partial charge on any atom is -0.465 e. The van der Waals surface area contributed by atoms with Gasteiger partial charge in [-0.3, -0.25) is 4.90 Å². The molecule has 2 saturated heterocycles. The molecule has 2 fully saturated rings. The van der Waals surface area contributed by atoms with E-state index in [4.69, 9.17) is 4.74 Å². The lowest BCUT2D eigenvalue weighted by Gasteiger charge is -2.39. The normalized spacial score (nSPS) is 24.0. The molecule has 0 spiro atoms. The summed E-state index contributed by atoms with van der Waals surface area (Å²) in [6.07, 6.45) is 4.38. The molecule has 2 atom stereocenters. The Morgan fingerprint density at radius 3 is 2.64 bits per heavy atom. The number of nitrogens with zero attached hydrogens (tertiary/aromatic N) is 1. The van der Waals surface area contributed by atoms with Gasteiger partial charge in [-0.15, -0.1) is 11.3 Å². The maximum Gasteiger partial charge on any atom is 0.337 e. The van der Waals surface area contributed by atoms with Crippen molar-refractivity contribution in [2.45, 2.75) is 50.4 Å². The minimum absolute atomic E-state index is 0.181. The number of methoxy groups -OCH3 is 1. The molecule has 2 amide bonds. The summed E-state index contributed by atoms with van der Waals surface area (Å²) in [4.78, 5) is 28.1. The predicted octanol–water partition coefficient (Wildman–Crippen LogP) is 3.85. The third-order valence-corrected chi connectivity index (χ3v) is 6.54. The van der Waals surface area contributed by atoms with E-state index < -0.39 is 5.97 Å². The number of amides is 2. The molecule has 2 aromatic rings. The first-order valence-corrected chi connectivity index (χ1v) is 10.5. The van der Waals surface area contributed by atoms with Crippen LogP contribution in [0.4, 0.5) is 10.5 Å². The molecule has 1 aromatic heterocycles. The third kappa shape index (κ3) is 4.20. The molecule has 0 saturated carbocycles. The van der Waals surface area contributed by atoms with Crippen molar-refractivity contribution in [2.24, 2.45) is 0 Å². The lowest BCUT2D eigenvalue weighted by Crippen LogP contribution is -2.50. The highest BCUT2D eigenvalue weighted by atomic mass is 32.1. The molecule has 148 valence electrons. The average Bonchev–Trinajstić information content (AvgIpc) is 3.28. The van der Waals surface area contributed by atoms with E-state index in [1.807, 2.05) is 11.3 Å². The summed E-state index contributed by atoms with van der Waals surface area (Å²) in [7, 11) is 1.34. The number of esters is 1. The molecule has 0 radical (unpaired) electrons. The van der Waals surface area contributed by atoms with Gasteiger partial charge in [0.05, 0.1) is 12.7 Å². The van der Waals surface area contributed by atoms with Gasteiger partial charge >= 0.3 is 12.0 Å². The van der Waals surface area contributed by atoms with Crippen LogP contribution < -0.4 is 10.6 Å². The Balaban J connectivity index is 1.32. The summed E-state index contributed by atoms with van der Waals surface area (Å²) >= 11 is 1.81. The lowest BCUT2D eigenvalue weighted by molar-refractivity contribution is 0.0600. The highest BCUT2D eigenvalue weighted by molar-refractivity contribution is 7.09. The number of nitrogens with one attached hydrogen (secondary N) is 2. The van der Waals surface area contributed by atoms with Crippen LogP contribution in [-0.4, -0.2) is 42.1 Å². The van der Waals surface area contributed by atoms with Gasteiger partial charge in [0.15, 0.2) is 0 Å². The molecular weight excluding hydrogens is 374 g/mol. The van der Waals surface area contributed by atoms with Crippen LogP contribution in [0.15, 0.2) is 41.8 Å². The fourth-order valence-electron chi connectivity index (χ4n) is 4.43. The third-order valence-electron chi connectivity index (χ3n) is 5.68. The van der Waals surface area contributed by atoms with Crippen molar-refractivity contribution in [3.63, 3.8) is 0 Å². The molecule has 3 heterocycles. The fourth-order valence-corrected chi connectivity index (χ4v) is 5.14. The summed E-state index contributed by atoms with van der Waals surface area (Å²) < 4.78 is 4.72. The summed E-state index contributed by atoms with van der Waals surface area (Å²) in [6, 6.07) is 12.1. The Bertz CT molecular complexity index is 825. The molecule has 2 aliphatic rings. The zero-order chi connectivity index (χ0) is 19.5. The highest BCUT2D eigenvalue weighted by Gasteiger charge is 2.41. The summed E-state index contributed by atoms with van der Waals surface area (Å²) in [5.41, 5.74) is 0.999. The van der Waals surface area contributed by atoms with Crippen LogP contribution in [0.5, 0.6) is 0 Å². The van der Waals surface area contributed by atoms with Gasteiger partial charge in [-0.05, 0) is 55.3 Å². The molecular formula is C21H25N3O3S. The summed E-state index contributed by atoms with van der Waals surface area (Å²) in [5.74, 6) is -0.418. The van der Waals surface area contributed by atoms with Gasteiger partial charge in [-0.2, -0.15) is 0 Å². The first-order chi connectivity index (χ1) is 13.6. The number of urea groups is 1. The average molecular weight is 400 g/mol. The van der Waals surface area contributed by atoms with E-state index in [-0.39, 0.29) is 12.1 Å². The van der Waals surface area contributed by atoms with Crippen LogP contribution in [0.2, 0.25) is 0 Å². The topological polar surface area (TPSA) is 70.7 Å². The lowest BCUT2D eigenvalue weighted by atomic mass is 9.97. The van der Waals surface area contributed by atoms with Crippen molar-refractivity contribution in [1.29, 1.82) is 0 Å². The maximum atomic E-state index is 12.5. The van der Waals surface area contributed by atoms with E-state index in [9.17, 15) is 9.59 Å². The van der Waals surface area contributed by atoms with Crippen LogP contribution in [0.3, 0.4) is 0 Å². The number of piperidine rings is 1. The van der Waals surface area contributed by atoms with Gasteiger partial charge in [0.25, 0.3) is 0 Å². The Morgan fingerprint density at radius 2 is 1.96 bits per heavy atom. The quantitative estimate of drug-likeness (QED) is 0.749. The van der Waals surface area contributed by atoms with E-state index in [0.29, 0.717) is 23.3 Å². The maximum absolute atomic E-state index is 12.5. The van der Waals surface area contributed by atoms with Gasteiger partial charge in [-0.1, -0.05) is 12.1 Å². The van der Waals surface area contributed by atoms with Crippen LogP contribution in [0.1, 0.15) is 40.9 Å². The summed E-state index contributed by atoms with van der Waals surface area (Å²) in [5, 5.41) is 8.09. The van der Waals surface area contributed by atoms with Crippen LogP contribution in [-0.2, 0) is 11.3 Å². The second-order valence-corrected chi connectivity index (χ2v) is 8.51. The number of thiophene rings is 1. The van der Waals surface area contributed by atoms with E-state index in [0.717, 1.165) is 19.4 Å². The minimum atomic E-state index is -0.418. The Labute approximate surface area is 168 Å². The Kier molecular flexibility index (Phi) is 5.64. The van der Waals surface area contributed by atoms with Gasteiger partial charge in [0.2, 0.25) is 0 Å².